The van der Waals surface area contributed by atoms with Crippen LogP contribution in [0.25, 0.3) is 0 Å². The molecule has 1 spiro atoms. The van der Waals surface area contributed by atoms with Gasteiger partial charge >= 0.3 is 0 Å². The average Bonchev–Trinajstić information content (AvgIpc) is 2.30. The molecular weight excluding hydrogens is 218 g/mol. The molecule has 3 heteroatoms. The molecule has 2 aliphatic heterocycles. The third-order valence-electron chi connectivity index (χ3n) is 3.52. The van der Waals surface area contributed by atoms with Gasteiger partial charge in [-0.3, -0.25) is 0 Å². The number of thioether (sulfide) groups is 1. The third-order valence-corrected chi connectivity index (χ3v) is 4.83. The minimum Gasteiger partial charge on any atom is -0.486 e. The Kier molecular flexibility index (Phi) is 2.60. The molecule has 1 saturated heterocycles. The lowest BCUT2D eigenvalue weighted by Crippen LogP contribution is -2.46. The van der Waals surface area contributed by atoms with E-state index in [9.17, 15) is 0 Å². The van der Waals surface area contributed by atoms with Crippen molar-refractivity contribution in [3.63, 3.8) is 0 Å². The maximum Gasteiger partial charge on any atom is 0.124 e. The van der Waals surface area contributed by atoms with Crippen LogP contribution in [0.1, 0.15) is 30.9 Å². The van der Waals surface area contributed by atoms with E-state index in [1.807, 2.05) is 23.9 Å². The first-order valence-corrected chi connectivity index (χ1v) is 7.06. The van der Waals surface area contributed by atoms with Crippen LogP contribution in [0.15, 0.2) is 24.3 Å². The second-order valence-corrected chi connectivity index (χ2v) is 5.89. The van der Waals surface area contributed by atoms with Crippen molar-refractivity contribution in [3.05, 3.63) is 29.8 Å². The first kappa shape index (κ1) is 10.5. The van der Waals surface area contributed by atoms with E-state index < -0.39 is 0 Å². The number of benzene rings is 1. The smallest absolute Gasteiger partial charge is 0.124 e. The predicted octanol–water partition coefficient (Wildman–Crippen LogP) is 2.73. The van der Waals surface area contributed by atoms with E-state index in [1.165, 1.54) is 17.7 Å². The fourth-order valence-electron chi connectivity index (χ4n) is 2.73. The third kappa shape index (κ3) is 1.72. The summed E-state index contributed by atoms with van der Waals surface area (Å²) in [6.07, 6.45) is 3.37. The second kappa shape index (κ2) is 3.97. The normalized spacial score (nSPS) is 33.2. The maximum atomic E-state index is 6.26. The Morgan fingerprint density at radius 2 is 2.25 bits per heavy atom. The van der Waals surface area contributed by atoms with E-state index in [1.54, 1.807) is 0 Å². The van der Waals surface area contributed by atoms with Gasteiger partial charge in [0.25, 0.3) is 0 Å². The summed E-state index contributed by atoms with van der Waals surface area (Å²) >= 11 is 2.00. The van der Waals surface area contributed by atoms with Gasteiger partial charge in [0.15, 0.2) is 0 Å². The van der Waals surface area contributed by atoms with Crippen LogP contribution in [-0.4, -0.2) is 17.1 Å². The van der Waals surface area contributed by atoms with Gasteiger partial charge < -0.3 is 10.5 Å². The monoisotopic (exact) mass is 235 g/mol. The summed E-state index contributed by atoms with van der Waals surface area (Å²) in [5.41, 5.74) is 7.44. The molecule has 0 amide bonds. The van der Waals surface area contributed by atoms with Crippen molar-refractivity contribution < 1.29 is 4.74 Å². The zero-order valence-electron chi connectivity index (χ0n) is 9.32. The van der Waals surface area contributed by atoms with Crippen LogP contribution in [-0.2, 0) is 0 Å². The fourth-order valence-corrected chi connectivity index (χ4v) is 3.92. The molecule has 86 valence electrons. The van der Waals surface area contributed by atoms with Crippen LogP contribution in [0.3, 0.4) is 0 Å². The summed E-state index contributed by atoms with van der Waals surface area (Å²) in [5.74, 6) is 3.36. The first-order chi connectivity index (χ1) is 7.79. The van der Waals surface area contributed by atoms with Gasteiger partial charge in [0.2, 0.25) is 0 Å². The largest absolute Gasteiger partial charge is 0.486 e. The molecule has 2 nitrogen and oxygen atoms in total. The molecule has 1 unspecified atom stereocenters. The van der Waals surface area contributed by atoms with Gasteiger partial charge in [-0.1, -0.05) is 18.2 Å². The van der Waals surface area contributed by atoms with Crippen molar-refractivity contribution in [2.45, 2.75) is 30.9 Å². The lowest BCUT2D eigenvalue weighted by Gasteiger charge is -2.43. The summed E-state index contributed by atoms with van der Waals surface area (Å²) in [4.78, 5) is 0. The van der Waals surface area contributed by atoms with Crippen LogP contribution >= 0.6 is 11.8 Å². The van der Waals surface area contributed by atoms with Gasteiger partial charge in [-0.25, -0.2) is 0 Å². The molecule has 16 heavy (non-hydrogen) atoms. The number of ether oxygens (including phenoxy) is 1. The van der Waals surface area contributed by atoms with E-state index in [-0.39, 0.29) is 11.6 Å². The number of para-hydroxylation sites is 1. The summed E-state index contributed by atoms with van der Waals surface area (Å²) < 4.78 is 6.23. The molecule has 0 saturated carbocycles. The fraction of sp³-hybridized carbons (Fsp3) is 0.538. The molecule has 0 radical (unpaired) electrons. The molecule has 0 bridgehead atoms. The SMILES string of the molecule is N[C@@H]1CC2(CCCSC2)Oc2ccccc21. The molecule has 2 aliphatic rings. The van der Waals surface area contributed by atoms with Crippen molar-refractivity contribution in [1.82, 2.24) is 0 Å². The second-order valence-electron chi connectivity index (χ2n) is 4.79. The maximum absolute atomic E-state index is 6.26. The summed E-state index contributed by atoms with van der Waals surface area (Å²) in [6.45, 7) is 0. The van der Waals surface area contributed by atoms with Crippen LogP contribution in [0.2, 0.25) is 0 Å². The predicted molar refractivity (Wildman–Crippen MR) is 67.9 cm³/mol. The summed E-state index contributed by atoms with van der Waals surface area (Å²) in [6, 6.07) is 8.35. The molecule has 0 aromatic heterocycles. The minimum atomic E-state index is 0.0106. The zero-order chi connectivity index (χ0) is 11.0. The van der Waals surface area contributed by atoms with Crippen molar-refractivity contribution in [2.75, 3.05) is 11.5 Å². The molecule has 2 atom stereocenters. The molecule has 0 aliphatic carbocycles. The topological polar surface area (TPSA) is 35.2 Å². The average molecular weight is 235 g/mol. The molecule has 2 N–H and O–H groups in total. The Hall–Kier alpha value is -0.670. The van der Waals surface area contributed by atoms with E-state index in [0.29, 0.717) is 0 Å². The van der Waals surface area contributed by atoms with Crippen molar-refractivity contribution in [2.24, 2.45) is 5.73 Å². The van der Waals surface area contributed by atoms with Gasteiger partial charge in [-0.05, 0) is 24.7 Å². The number of nitrogens with two attached hydrogens (primary N) is 1. The lowest BCUT2D eigenvalue weighted by molar-refractivity contribution is 0.0472. The van der Waals surface area contributed by atoms with Crippen LogP contribution in [0.5, 0.6) is 5.75 Å². The number of fused-ring (bicyclic) bond motifs is 1. The van der Waals surface area contributed by atoms with Crippen LogP contribution in [0.4, 0.5) is 0 Å². The highest BCUT2D eigenvalue weighted by Crippen LogP contribution is 2.43. The van der Waals surface area contributed by atoms with Gasteiger partial charge in [-0.2, -0.15) is 11.8 Å². The molecule has 1 aromatic rings. The van der Waals surface area contributed by atoms with Crippen LogP contribution < -0.4 is 10.5 Å². The number of rotatable bonds is 0. The van der Waals surface area contributed by atoms with Gasteiger partial charge in [-0.15, -0.1) is 0 Å². The highest BCUT2D eigenvalue weighted by Gasteiger charge is 2.40. The highest BCUT2D eigenvalue weighted by atomic mass is 32.2. The number of hydrogen-bond acceptors (Lipinski definition) is 3. The van der Waals surface area contributed by atoms with Gasteiger partial charge in [0.1, 0.15) is 11.4 Å². The van der Waals surface area contributed by atoms with E-state index in [2.05, 4.69) is 12.1 Å². The standard InChI is InChI=1S/C13H17NOS/c14-11-8-13(6-3-7-16-9-13)15-12-5-2-1-4-10(11)12/h1-2,4-5,11H,3,6-9,14H2/t11-,13?/m1/s1. The Labute approximate surface area is 101 Å². The van der Waals surface area contributed by atoms with Crippen molar-refractivity contribution >= 4 is 11.8 Å². The molecule has 2 heterocycles. The first-order valence-electron chi connectivity index (χ1n) is 5.90. The van der Waals surface area contributed by atoms with Crippen molar-refractivity contribution in [3.8, 4) is 5.75 Å². The molecular formula is C13H17NOS. The Balaban J connectivity index is 1.93. The molecule has 3 rings (SSSR count). The van der Waals surface area contributed by atoms with Crippen molar-refractivity contribution in [1.29, 1.82) is 0 Å². The molecule has 1 aromatic carbocycles. The quantitative estimate of drug-likeness (QED) is 0.751. The minimum absolute atomic E-state index is 0.0106. The Morgan fingerprint density at radius 1 is 1.38 bits per heavy atom. The van der Waals surface area contributed by atoms with E-state index in [0.717, 1.165) is 24.3 Å². The summed E-state index contributed by atoms with van der Waals surface area (Å²) in [5, 5.41) is 0. The zero-order valence-corrected chi connectivity index (χ0v) is 10.1. The number of hydrogen-bond donors (Lipinski definition) is 1. The molecule has 1 fully saturated rings. The van der Waals surface area contributed by atoms with Crippen LogP contribution in [0, 0.1) is 0 Å². The Bertz CT molecular complexity index is 387. The summed E-state index contributed by atoms with van der Waals surface area (Å²) in [7, 11) is 0. The van der Waals surface area contributed by atoms with Gasteiger partial charge in [0.05, 0.1) is 0 Å². The van der Waals surface area contributed by atoms with E-state index >= 15 is 0 Å². The van der Waals surface area contributed by atoms with Gasteiger partial charge in [0, 0.05) is 23.8 Å². The highest BCUT2D eigenvalue weighted by molar-refractivity contribution is 7.99. The Morgan fingerprint density at radius 3 is 3.06 bits per heavy atom. The lowest BCUT2D eigenvalue weighted by atomic mass is 9.85. The van der Waals surface area contributed by atoms with E-state index in [4.69, 9.17) is 10.5 Å².